The molecule has 3 heterocycles. The first-order chi connectivity index (χ1) is 13.8. The zero-order chi connectivity index (χ0) is 19.3. The van der Waals surface area contributed by atoms with E-state index >= 15 is 0 Å². The number of aromatic amines is 1. The molecule has 0 bridgehead atoms. The molecule has 146 valence electrons. The van der Waals surface area contributed by atoms with Gasteiger partial charge in [0, 0.05) is 68.8 Å². The first kappa shape index (κ1) is 18.3. The topological polar surface area (TPSA) is 72.4 Å². The number of aliphatic imine (C=N–C) groups is 1. The van der Waals surface area contributed by atoms with Gasteiger partial charge in [-0.2, -0.15) is 0 Å². The first-order valence-electron chi connectivity index (χ1n) is 9.80. The van der Waals surface area contributed by atoms with Crippen LogP contribution >= 0.6 is 0 Å². The summed E-state index contributed by atoms with van der Waals surface area (Å²) < 4.78 is 0. The summed E-state index contributed by atoms with van der Waals surface area (Å²) in [6.07, 6.45) is 4.55. The lowest BCUT2D eigenvalue weighted by Crippen LogP contribution is -2.53. The normalized spacial score (nSPS) is 15.3. The maximum absolute atomic E-state index is 4.49. The van der Waals surface area contributed by atoms with Crippen molar-refractivity contribution in [1.82, 2.24) is 25.2 Å². The maximum atomic E-state index is 4.49. The third kappa shape index (κ3) is 3.78. The molecule has 4 rings (SSSR count). The number of hydrogen-bond acceptors (Lipinski definition) is 4. The van der Waals surface area contributed by atoms with E-state index < -0.39 is 0 Å². The summed E-state index contributed by atoms with van der Waals surface area (Å²) in [5.41, 5.74) is 3.83. The lowest BCUT2D eigenvalue weighted by Gasteiger charge is -2.36. The zero-order valence-electron chi connectivity index (χ0n) is 16.5. The van der Waals surface area contributed by atoms with E-state index in [9.17, 15) is 0 Å². The maximum Gasteiger partial charge on any atom is 0.225 e. The molecule has 2 aromatic heterocycles. The Morgan fingerprint density at radius 2 is 1.86 bits per heavy atom. The third-order valence-electron chi connectivity index (χ3n) is 5.31. The standard InChI is InChI=1S/C21H27N7/c1-16-17(18-6-3-4-7-19(18)26-16)8-11-25-20(22-2)27-12-14-28(15-13-27)21-23-9-5-10-24-21/h3-7,9-10,26H,8,11-15H2,1-2H3,(H,22,25). The van der Waals surface area contributed by atoms with E-state index in [1.54, 1.807) is 12.4 Å². The van der Waals surface area contributed by atoms with Gasteiger partial charge in [0.1, 0.15) is 0 Å². The lowest BCUT2D eigenvalue weighted by atomic mass is 10.1. The fraction of sp³-hybridized carbons (Fsp3) is 0.381. The van der Waals surface area contributed by atoms with E-state index in [2.05, 4.69) is 66.3 Å². The van der Waals surface area contributed by atoms with E-state index in [0.29, 0.717) is 0 Å². The molecular formula is C21H27N7. The van der Waals surface area contributed by atoms with Crippen molar-refractivity contribution in [1.29, 1.82) is 0 Å². The van der Waals surface area contributed by atoms with Crippen LogP contribution < -0.4 is 10.2 Å². The van der Waals surface area contributed by atoms with Crippen molar-refractivity contribution in [2.45, 2.75) is 13.3 Å². The quantitative estimate of drug-likeness (QED) is 0.539. The number of nitrogens with zero attached hydrogens (tertiary/aromatic N) is 5. The summed E-state index contributed by atoms with van der Waals surface area (Å²) in [6, 6.07) is 10.3. The highest BCUT2D eigenvalue weighted by molar-refractivity contribution is 5.85. The summed E-state index contributed by atoms with van der Waals surface area (Å²) in [6.45, 7) is 6.61. The number of hydrogen-bond donors (Lipinski definition) is 2. The molecule has 0 amide bonds. The van der Waals surface area contributed by atoms with E-state index in [1.165, 1.54) is 22.2 Å². The fourth-order valence-corrected chi connectivity index (χ4v) is 3.86. The molecule has 1 fully saturated rings. The number of benzene rings is 1. The average Bonchev–Trinajstić information content (AvgIpc) is 3.07. The molecule has 1 saturated heterocycles. The summed E-state index contributed by atoms with van der Waals surface area (Å²) in [5, 5.41) is 4.85. The second kappa shape index (κ2) is 8.29. The Bertz CT molecular complexity index is 940. The molecule has 0 atom stereocenters. The molecule has 2 N–H and O–H groups in total. The highest BCUT2D eigenvalue weighted by atomic mass is 15.4. The van der Waals surface area contributed by atoms with Gasteiger partial charge in [-0.15, -0.1) is 0 Å². The van der Waals surface area contributed by atoms with Gasteiger partial charge >= 0.3 is 0 Å². The van der Waals surface area contributed by atoms with Crippen LogP contribution in [-0.4, -0.2) is 65.6 Å². The molecule has 0 saturated carbocycles. The van der Waals surface area contributed by atoms with Crippen LogP contribution in [-0.2, 0) is 6.42 Å². The van der Waals surface area contributed by atoms with Crippen LogP contribution in [0.1, 0.15) is 11.3 Å². The largest absolute Gasteiger partial charge is 0.358 e. The van der Waals surface area contributed by atoms with Crippen LogP contribution in [0.5, 0.6) is 0 Å². The lowest BCUT2D eigenvalue weighted by molar-refractivity contribution is 0.370. The third-order valence-corrected chi connectivity index (χ3v) is 5.31. The predicted molar refractivity (Wildman–Crippen MR) is 114 cm³/mol. The number of aryl methyl sites for hydroxylation is 1. The van der Waals surface area contributed by atoms with Crippen LogP contribution in [0.25, 0.3) is 10.9 Å². The van der Waals surface area contributed by atoms with Gasteiger partial charge in [0.25, 0.3) is 0 Å². The molecule has 3 aromatic rings. The van der Waals surface area contributed by atoms with E-state index in [-0.39, 0.29) is 0 Å². The van der Waals surface area contributed by atoms with Crippen molar-refractivity contribution in [2.24, 2.45) is 4.99 Å². The number of aromatic nitrogens is 3. The van der Waals surface area contributed by atoms with Gasteiger partial charge in [-0.3, -0.25) is 4.99 Å². The number of nitrogens with one attached hydrogen (secondary N) is 2. The van der Waals surface area contributed by atoms with Gasteiger partial charge in [0.2, 0.25) is 5.95 Å². The highest BCUT2D eigenvalue weighted by Crippen LogP contribution is 2.22. The predicted octanol–water partition coefficient (Wildman–Crippen LogP) is 2.21. The molecule has 7 nitrogen and oxygen atoms in total. The second-order valence-electron chi connectivity index (χ2n) is 7.02. The van der Waals surface area contributed by atoms with Gasteiger partial charge in [0.15, 0.2) is 5.96 Å². The summed E-state index contributed by atoms with van der Waals surface area (Å²) in [5.74, 6) is 1.77. The number of para-hydroxylation sites is 1. The van der Waals surface area contributed by atoms with Crippen LogP contribution in [0.3, 0.4) is 0 Å². The minimum atomic E-state index is 0.805. The molecule has 1 aliphatic rings. The van der Waals surface area contributed by atoms with Crippen LogP contribution in [0.2, 0.25) is 0 Å². The SMILES string of the molecule is CN=C(NCCc1c(C)[nH]c2ccccc12)N1CCN(c2ncccn2)CC1. The average molecular weight is 377 g/mol. The van der Waals surface area contributed by atoms with E-state index in [0.717, 1.165) is 51.1 Å². The van der Waals surface area contributed by atoms with Gasteiger partial charge in [-0.1, -0.05) is 18.2 Å². The van der Waals surface area contributed by atoms with Gasteiger partial charge < -0.3 is 20.1 Å². The molecule has 7 heteroatoms. The zero-order valence-corrected chi connectivity index (χ0v) is 16.5. The first-order valence-corrected chi connectivity index (χ1v) is 9.80. The smallest absolute Gasteiger partial charge is 0.225 e. The Balaban J connectivity index is 1.32. The van der Waals surface area contributed by atoms with Crippen LogP contribution in [0, 0.1) is 6.92 Å². The number of fused-ring (bicyclic) bond motifs is 1. The van der Waals surface area contributed by atoms with E-state index in [1.807, 2.05) is 13.1 Å². The van der Waals surface area contributed by atoms with Gasteiger partial charge in [0.05, 0.1) is 0 Å². The highest BCUT2D eigenvalue weighted by Gasteiger charge is 2.21. The van der Waals surface area contributed by atoms with Crippen molar-refractivity contribution >= 4 is 22.8 Å². The number of H-pyrrole nitrogens is 1. The van der Waals surface area contributed by atoms with Crippen molar-refractivity contribution in [3.63, 3.8) is 0 Å². The van der Waals surface area contributed by atoms with Crippen LogP contribution in [0.4, 0.5) is 5.95 Å². The molecule has 0 spiro atoms. The summed E-state index contributed by atoms with van der Waals surface area (Å²) in [4.78, 5) is 21.2. The Labute approximate surface area is 165 Å². The molecule has 0 radical (unpaired) electrons. The fourth-order valence-electron chi connectivity index (χ4n) is 3.86. The Morgan fingerprint density at radius 1 is 1.11 bits per heavy atom. The van der Waals surface area contributed by atoms with Crippen molar-refractivity contribution in [2.75, 3.05) is 44.7 Å². The van der Waals surface area contributed by atoms with E-state index in [4.69, 9.17) is 0 Å². The number of rotatable bonds is 4. The van der Waals surface area contributed by atoms with Gasteiger partial charge in [-0.25, -0.2) is 9.97 Å². The second-order valence-corrected chi connectivity index (χ2v) is 7.02. The van der Waals surface area contributed by atoms with Gasteiger partial charge in [-0.05, 0) is 31.0 Å². The Kier molecular flexibility index (Phi) is 5.41. The molecule has 1 aliphatic heterocycles. The van der Waals surface area contributed by atoms with Crippen LogP contribution in [0.15, 0.2) is 47.7 Å². The van der Waals surface area contributed by atoms with Crippen molar-refractivity contribution in [3.05, 3.63) is 54.0 Å². The molecule has 0 unspecified atom stereocenters. The Morgan fingerprint density at radius 3 is 2.61 bits per heavy atom. The summed E-state index contributed by atoms with van der Waals surface area (Å²) >= 11 is 0. The minimum Gasteiger partial charge on any atom is -0.358 e. The number of anilines is 1. The van der Waals surface area contributed by atoms with Crippen molar-refractivity contribution < 1.29 is 0 Å². The number of guanidine groups is 1. The molecule has 28 heavy (non-hydrogen) atoms. The Hall–Kier alpha value is -3.09. The van der Waals surface area contributed by atoms with Crippen molar-refractivity contribution in [3.8, 4) is 0 Å². The molecular weight excluding hydrogens is 350 g/mol. The summed E-state index contributed by atoms with van der Waals surface area (Å²) in [7, 11) is 1.85. The minimum absolute atomic E-state index is 0.805. The molecule has 1 aromatic carbocycles. The monoisotopic (exact) mass is 377 g/mol. The number of piperazine rings is 1. The molecule has 0 aliphatic carbocycles.